The Balaban J connectivity index is 2.36. The highest BCUT2D eigenvalue weighted by Crippen LogP contribution is 2.31. The van der Waals surface area contributed by atoms with Gasteiger partial charge in [0.05, 0.1) is 29.2 Å². The van der Waals surface area contributed by atoms with Gasteiger partial charge in [0.2, 0.25) is 0 Å². The molecule has 0 spiro atoms. The number of benzene rings is 2. The maximum Gasteiger partial charge on any atom is 0.151 e. The highest BCUT2D eigenvalue weighted by atomic mass is 35.5. The van der Waals surface area contributed by atoms with Gasteiger partial charge in [-0.2, -0.15) is 0 Å². The molecule has 0 bridgehead atoms. The summed E-state index contributed by atoms with van der Waals surface area (Å²) in [6.45, 7) is 0. The second kappa shape index (κ2) is 5.54. The molecular weight excluding hydrogens is 314 g/mol. The van der Waals surface area contributed by atoms with Crippen LogP contribution in [0.5, 0.6) is 5.75 Å². The van der Waals surface area contributed by atoms with E-state index in [1.807, 2.05) is 0 Å². The van der Waals surface area contributed by atoms with Crippen molar-refractivity contribution in [3.05, 3.63) is 53.1 Å². The molecule has 0 radical (unpaired) electrons. The fourth-order valence-electron chi connectivity index (χ4n) is 2.26. The van der Waals surface area contributed by atoms with E-state index >= 15 is 0 Å². The van der Waals surface area contributed by atoms with Crippen LogP contribution in [-0.2, 0) is 5.88 Å². The first-order chi connectivity index (χ1) is 10.2. The topological polar surface area (TPSA) is 27.1 Å². The lowest BCUT2D eigenvalue weighted by Crippen LogP contribution is -2.00. The number of para-hydroxylation sites is 1. The number of aromatic nitrogens is 2. The average Bonchev–Trinajstić information content (AvgIpc) is 2.88. The van der Waals surface area contributed by atoms with Crippen molar-refractivity contribution in [2.24, 2.45) is 0 Å². The summed E-state index contributed by atoms with van der Waals surface area (Å²) < 4.78 is 20.9. The Morgan fingerprint density at radius 1 is 1.29 bits per heavy atom. The number of halogens is 3. The van der Waals surface area contributed by atoms with Crippen molar-refractivity contribution in [3.8, 4) is 11.4 Å². The van der Waals surface area contributed by atoms with E-state index in [2.05, 4.69) is 4.98 Å². The highest BCUT2D eigenvalue weighted by Gasteiger charge is 2.16. The van der Waals surface area contributed by atoms with Gasteiger partial charge >= 0.3 is 0 Å². The molecule has 0 N–H and O–H groups in total. The summed E-state index contributed by atoms with van der Waals surface area (Å²) in [6, 6.07) is 10.0. The molecule has 0 aliphatic rings. The van der Waals surface area contributed by atoms with E-state index in [-0.39, 0.29) is 11.4 Å². The first kappa shape index (κ1) is 14.2. The second-order valence-electron chi connectivity index (χ2n) is 4.42. The fraction of sp³-hybridized carbons (Fsp3) is 0.133. The number of methoxy groups -OCH3 is 1. The summed E-state index contributed by atoms with van der Waals surface area (Å²) in [4.78, 5) is 4.26. The number of nitrogens with zero attached hydrogens (tertiary/aromatic N) is 2. The van der Waals surface area contributed by atoms with E-state index in [4.69, 9.17) is 27.9 Å². The molecule has 6 heteroatoms. The second-order valence-corrected chi connectivity index (χ2v) is 5.10. The Morgan fingerprint density at radius 3 is 2.81 bits per heavy atom. The van der Waals surface area contributed by atoms with Crippen LogP contribution in [0.2, 0.25) is 5.02 Å². The highest BCUT2D eigenvalue weighted by molar-refractivity contribution is 6.32. The molecule has 0 fully saturated rings. The smallest absolute Gasteiger partial charge is 0.151 e. The molecule has 3 aromatic rings. The van der Waals surface area contributed by atoms with Gasteiger partial charge in [-0.15, -0.1) is 11.6 Å². The maximum atomic E-state index is 13.9. The Morgan fingerprint density at radius 2 is 2.10 bits per heavy atom. The van der Waals surface area contributed by atoms with Crippen LogP contribution in [0.25, 0.3) is 16.7 Å². The molecule has 0 saturated heterocycles. The number of hydrogen-bond acceptors (Lipinski definition) is 2. The summed E-state index contributed by atoms with van der Waals surface area (Å²) in [5.41, 5.74) is 1.53. The van der Waals surface area contributed by atoms with Gasteiger partial charge in [0, 0.05) is 6.07 Å². The molecule has 0 aliphatic heterocycles. The van der Waals surface area contributed by atoms with Crippen LogP contribution in [-0.4, -0.2) is 16.7 Å². The standard InChI is InChI=1S/C15H11Cl2FN2O/c1-21-9-5-6-10(17)13(7-9)20-12-4-2-3-11(18)15(12)19-14(20)8-16/h2-7H,8H2,1H3. The minimum Gasteiger partial charge on any atom is -0.497 e. The van der Waals surface area contributed by atoms with Crippen LogP contribution >= 0.6 is 23.2 Å². The summed E-state index contributed by atoms with van der Waals surface area (Å²) in [6.07, 6.45) is 0. The molecule has 21 heavy (non-hydrogen) atoms. The molecule has 2 aromatic carbocycles. The molecule has 0 amide bonds. The minimum atomic E-state index is -0.392. The summed E-state index contributed by atoms with van der Waals surface area (Å²) in [5, 5.41) is 0.505. The van der Waals surface area contributed by atoms with Gasteiger partial charge in [-0.05, 0) is 24.3 Å². The Hall–Kier alpha value is -1.78. The van der Waals surface area contributed by atoms with Gasteiger partial charge in [-0.3, -0.25) is 4.57 Å². The van der Waals surface area contributed by atoms with Crippen molar-refractivity contribution in [3.63, 3.8) is 0 Å². The van der Waals surface area contributed by atoms with E-state index < -0.39 is 5.82 Å². The molecule has 1 aromatic heterocycles. The van der Waals surface area contributed by atoms with Crippen LogP contribution in [0.3, 0.4) is 0 Å². The van der Waals surface area contributed by atoms with Crippen LogP contribution < -0.4 is 4.74 Å². The van der Waals surface area contributed by atoms with E-state index in [0.717, 1.165) is 0 Å². The van der Waals surface area contributed by atoms with Gasteiger partial charge in [-0.25, -0.2) is 9.37 Å². The van der Waals surface area contributed by atoms with E-state index in [0.29, 0.717) is 27.8 Å². The lowest BCUT2D eigenvalue weighted by atomic mass is 10.2. The van der Waals surface area contributed by atoms with Crippen molar-refractivity contribution in [1.29, 1.82) is 0 Å². The molecule has 3 rings (SSSR count). The zero-order chi connectivity index (χ0) is 15.0. The molecule has 0 aliphatic carbocycles. The number of imidazole rings is 1. The monoisotopic (exact) mass is 324 g/mol. The Bertz CT molecular complexity index is 817. The van der Waals surface area contributed by atoms with Crippen molar-refractivity contribution < 1.29 is 9.13 Å². The third-order valence-electron chi connectivity index (χ3n) is 3.22. The maximum absolute atomic E-state index is 13.9. The molecule has 0 saturated carbocycles. The van der Waals surface area contributed by atoms with Gasteiger partial charge in [0.25, 0.3) is 0 Å². The predicted octanol–water partition coefficient (Wildman–Crippen LogP) is 4.57. The van der Waals surface area contributed by atoms with Crippen LogP contribution in [0.1, 0.15) is 5.82 Å². The van der Waals surface area contributed by atoms with Crippen molar-refractivity contribution in [2.45, 2.75) is 5.88 Å². The van der Waals surface area contributed by atoms with Gasteiger partial charge in [-0.1, -0.05) is 17.7 Å². The minimum absolute atomic E-state index is 0.141. The van der Waals surface area contributed by atoms with E-state index in [1.54, 1.807) is 42.0 Å². The SMILES string of the molecule is COc1ccc(Cl)c(-n2c(CCl)nc3c(F)cccc32)c1. The third-order valence-corrected chi connectivity index (χ3v) is 3.78. The van der Waals surface area contributed by atoms with Gasteiger partial charge < -0.3 is 4.74 Å². The number of ether oxygens (including phenoxy) is 1. The summed E-state index contributed by atoms with van der Waals surface area (Å²) >= 11 is 12.2. The van der Waals surface area contributed by atoms with Crippen LogP contribution in [0, 0.1) is 5.82 Å². The Kier molecular flexibility index (Phi) is 3.74. The van der Waals surface area contributed by atoms with Crippen molar-refractivity contribution >= 4 is 34.2 Å². The largest absolute Gasteiger partial charge is 0.497 e. The van der Waals surface area contributed by atoms with Gasteiger partial charge in [0.15, 0.2) is 5.82 Å². The Labute approximate surface area is 130 Å². The average molecular weight is 325 g/mol. The molecule has 0 atom stereocenters. The number of alkyl halides is 1. The third kappa shape index (κ3) is 2.34. The summed E-state index contributed by atoms with van der Waals surface area (Å²) in [7, 11) is 1.57. The molecule has 108 valence electrons. The molecule has 1 heterocycles. The molecule has 3 nitrogen and oxygen atoms in total. The van der Waals surface area contributed by atoms with Crippen LogP contribution in [0.15, 0.2) is 36.4 Å². The lowest BCUT2D eigenvalue weighted by Gasteiger charge is -2.11. The normalized spacial score (nSPS) is 11.0. The zero-order valence-electron chi connectivity index (χ0n) is 11.1. The predicted molar refractivity (Wildman–Crippen MR) is 82.1 cm³/mol. The fourth-order valence-corrected chi connectivity index (χ4v) is 2.64. The number of fused-ring (bicyclic) bond motifs is 1. The van der Waals surface area contributed by atoms with Crippen LogP contribution in [0.4, 0.5) is 4.39 Å². The summed E-state index contributed by atoms with van der Waals surface area (Å²) in [5.74, 6) is 0.915. The van der Waals surface area contributed by atoms with Gasteiger partial charge in [0.1, 0.15) is 17.1 Å². The molecular formula is C15H11Cl2FN2O. The lowest BCUT2D eigenvalue weighted by molar-refractivity contribution is 0.414. The number of rotatable bonds is 3. The number of hydrogen-bond donors (Lipinski definition) is 0. The molecule has 0 unspecified atom stereocenters. The first-order valence-corrected chi connectivity index (χ1v) is 7.12. The first-order valence-electron chi connectivity index (χ1n) is 6.21. The van der Waals surface area contributed by atoms with E-state index in [9.17, 15) is 4.39 Å². The van der Waals surface area contributed by atoms with Crippen molar-refractivity contribution in [2.75, 3.05) is 7.11 Å². The quantitative estimate of drug-likeness (QED) is 0.660. The van der Waals surface area contributed by atoms with Crippen molar-refractivity contribution in [1.82, 2.24) is 9.55 Å². The van der Waals surface area contributed by atoms with E-state index in [1.165, 1.54) is 6.07 Å². The zero-order valence-corrected chi connectivity index (χ0v) is 12.6.